The van der Waals surface area contributed by atoms with Crippen LogP contribution in [0.1, 0.15) is 37.1 Å². The summed E-state index contributed by atoms with van der Waals surface area (Å²) in [5, 5.41) is 4.23. The molecule has 0 N–H and O–H groups in total. The van der Waals surface area contributed by atoms with Gasteiger partial charge in [0, 0.05) is 49.2 Å². The Labute approximate surface area is 142 Å². The zero-order valence-corrected chi connectivity index (χ0v) is 14.5. The predicted octanol–water partition coefficient (Wildman–Crippen LogP) is 3.13. The van der Waals surface area contributed by atoms with E-state index in [1.807, 2.05) is 26.4 Å². The molecule has 6 heteroatoms. The Morgan fingerprint density at radius 2 is 2.12 bits per heavy atom. The number of unbranched alkanes of at least 4 members (excludes halogenated alkanes) is 1. The lowest BCUT2D eigenvalue weighted by Gasteiger charge is -2.38. The molecule has 2 aromatic heterocycles. The maximum Gasteiger partial charge on any atom is 0.409 e. The highest BCUT2D eigenvalue weighted by Gasteiger charge is 2.33. The molecule has 1 fully saturated rings. The van der Waals surface area contributed by atoms with Crippen molar-refractivity contribution in [3.05, 3.63) is 35.9 Å². The summed E-state index contributed by atoms with van der Waals surface area (Å²) in [6, 6.07) is 4.17. The summed E-state index contributed by atoms with van der Waals surface area (Å²) < 4.78 is 7.04. The third-order valence-electron chi connectivity index (χ3n) is 4.29. The Bertz CT molecular complexity index is 720. The Balaban J connectivity index is 1.64. The normalized spacial score (nSPS) is 14.5. The van der Waals surface area contributed by atoms with E-state index >= 15 is 0 Å². The molecule has 1 saturated heterocycles. The average molecular weight is 328 g/mol. The first-order valence-electron chi connectivity index (χ1n) is 8.46. The van der Waals surface area contributed by atoms with Crippen molar-refractivity contribution < 1.29 is 9.53 Å². The number of likely N-dealkylation sites (tertiary alicyclic amines) is 1. The quantitative estimate of drug-likeness (QED) is 0.791. The van der Waals surface area contributed by atoms with Gasteiger partial charge in [-0.05, 0) is 31.0 Å². The highest BCUT2D eigenvalue weighted by Crippen LogP contribution is 2.29. The fourth-order valence-corrected chi connectivity index (χ4v) is 2.85. The summed E-state index contributed by atoms with van der Waals surface area (Å²) in [6.07, 6.45) is 5.59. The molecule has 0 spiro atoms. The van der Waals surface area contributed by atoms with Gasteiger partial charge in [-0.2, -0.15) is 5.10 Å². The van der Waals surface area contributed by atoms with Crippen molar-refractivity contribution in [2.24, 2.45) is 7.05 Å². The lowest BCUT2D eigenvalue weighted by Crippen LogP contribution is -2.49. The smallest absolute Gasteiger partial charge is 0.409 e. The van der Waals surface area contributed by atoms with Gasteiger partial charge in [0.25, 0.3) is 0 Å². The summed E-state index contributed by atoms with van der Waals surface area (Å²) in [6.45, 7) is 5.93. The molecule has 0 aliphatic carbocycles. The first kappa shape index (κ1) is 16.5. The Kier molecular flexibility index (Phi) is 4.83. The molecule has 0 atom stereocenters. The van der Waals surface area contributed by atoms with E-state index in [1.54, 1.807) is 9.58 Å². The number of pyridine rings is 1. The van der Waals surface area contributed by atoms with Gasteiger partial charge in [0.05, 0.1) is 12.8 Å². The van der Waals surface area contributed by atoms with Crippen LogP contribution in [0, 0.1) is 6.92 Å². The van der Waals surface area contributed by atoms with Gasteiger partial charge in [-0.1, -0.05) is 13.3 Å². The summed E-state index contributed by atoms with van der Waals surface area (Å²) in [4.78, 5) is 18.3. The number of nitrogens with zero attached hydrogens (tertiary/aromatic N) is 4. The fourth-order valence-electron chi connectivity index (χ4n) is 2.85. The van der Waals surface area contributed by atoms with Crippen LogP contribution in [-0.4, -0.2) is 45.5 Å². The van der Waals surface area contributed by atoms with Crippen molar-refractivity contribution in [3.63, 3.8) is 0 Å². The summed E-state index contributed by atoms with van der Waals surface area (Å²) in [7, 11) is 1.91. The monoisotopic (exact) mass is 328 g/mol. The summed E-state index contributed by atoms with van der Waals surface area (Å²) in [5.74, 6) is 0.277. The average Bonchev–Trinajstić information content (AvgIpc) is 2.92. The Morgan fingerprint density at radius 1 is 1.33 bits per heavy atom. The van der Waals surface area contributed by atoms with Crippen LogP contribution in [0.25, 0.3) is 11.1 Å². The zero-order chi connectivity index (χ0) is 17.1. The summed E-state index contributed by atoms with van der Waals surface area (Å²) >= 11 is 0. The second-order valence-electron chi connectivity index (χ2n) is 6.39. The molecule has 128 valence electrons. The first-order chi connectivity index (χ1) is 11.6. The van der Waals surface area contributed by atoms with Crippen LogP contribution in [0.15, 0.2) is 24.5 Å². The minimum Gasteiger partial charge on any atom is -0.449 e. The van der Waals surface area contributed by atoms with E-state index in [-0.39, 0.29) is 12.0 Å². The molecule has 0 aromatic carbocycles. The number of hydrogen-bond acceptors (Lipinski definition) is 4. The second kappa shape index (κ2) is 7.03. The molecule has 6 nitrogen and oxygen atoms in total. The molecular formula is C18H24N4O2. The minimum atomic E-state index is -0.208. The van der Waals surface area contributed by atoms with E-state index in [0.717, 1.165) is 35.4 Å². The van der Waals surface area contributed by atoms with Crippen LogP contribution in [-0.2, 0) is 11.8 Å². The third kappa shape index (κ3) is 3.58. The van der Waals surface area contributed by atoms with E-state index in [9.17, 15) is 4.79 Å². The van der Waals surface area contributed by atoms with E-state index < -0.39 is 0 Å². The number of rotatable bonds is 5. The van der Waals surface area contributed by atoms with E-state index in [2.05, 4.69) is 29.1 Å². The molecule has 0 unspecified atom stereocenters. The molecule has 3 rings (SSSR count). The molecular weight excluding hydrogens is 304 g/mol. The zero-order valence-electron chi connectivity index (χ0n) is 14.5. The standard InChI is InChI=1S/C18H24N4O2/c1-4-5-6-24-18(23)22-11-16(12-22)17-8-14(7-13(2)20-17)15-9-19-21(3)10-15/h7-10,16H,4-6,11-12H2,1-3H3. The van der Waals surface area contributed by atoms with Crippen LogP contribution < -0.4 is 0 Å². The van der Waals surface area contributed by atoms with Gasteiger partial charge in [0.2, 0.25) is 0 Å². The topological polar surface area (TPSA) is 60.2 Å². The third-order valence-corrected chi connectivity index (χ3v) is 4.29. The highest BCUT2D eigenvalue weighted by atomic mass is 16.6. The van der Waals surface area contributed by atoms with Crippen LogP contribution in [0.4, 0.5) is 4.79 Å². The minimum absolute atomic E-state index is 0.208. The largest absolute Gasteiger partial charge is 0.449 e. The SMILES string of the molecule is CCCCOC(=O)N1CC(c2cc(-c3cnn(C)c3)cc(C)n2)C1. The molecule has 24 heavy (non-hydrogen) atoms. The molecule has 1 aliphatic heterocycles. The molecule has 3 heterocycles. The molecule has 1 aliphatic rings. The number of carbonyl (C=O) groups is 1. The Hall–Kier alpha value is -2.37. The van der Waals surface area contributed by atoms with Crippen molar-refractivity contribution >= 4 is 6.09 Å². The van der Waals surface area contributed by atoms with Gasteiger partial charge in [0.1, 0.15) is 0 Å². The number of aromatic nitrogens is 3. The van der Waals surface area contributed by atoms with Crippen LogP contribution in [0.3, 0.4) is 0 Å². The number of aryl methyl sites for hydroxylation is 2. The predicted molar refractivity (Wildman–Crippen MR) is 91.7 cm³/mol. The van der Waals surface area contributed by atoms with Gasteiger partial charge in [-0.15, -0.1) is 0 Å². The van der Waals surface area contributed by atoms with Crippen LogP contribution in [0.2, 0.25) is 0 Å². The van der Waals surface area contributed by atoms with Crippen LogP contribution >= 0.6 is 0 Å². The van der Waals surface area contributed by atoms with E-state index in [4.69, 9.17) is 4.74 Å². The molecule has 1 amide bonds. The number of amides is 1. The molecule has 0 saturated carbocycles. The van der Waals surface area contributed by atoms with Gasteiger partial charge in [-0.25, -0.2) is 4.79 Å². The van der Waals surface area contributed by atoms with Crippen molar-refractivity contribution in [2.75, 3.05) is 19.7 Å². The van der Waals surface area contributed by atoms with E-state index in [1.165, 1.54) is 0 Å². The first-order valence-corrected chi connectivity index (χ1v) is 8.46. The van der Waals surface area contributed by atoms with Crippen molar-refractivity contribution in [2.45, 2.75) is 32.6 Å². The van der Waals surface area contributed by atoms with E-state index in [0.29, 0.717) is 19.7 Å². The number of hydrogen-bond donors (Lipinski definition) is 0. The highest BCUT2D eigenvalue weighted by molar-refractivity contribution is 5.69. The van der Waals surface area contributed by atoms with Crippen LogP contribution in [0.5, 0.6) is 0 Å². The van der Waals surface area contributed by atoms with Crippen molar-refractivity contribution in [3.8, 4) is 11.1 Å². The Morgan fingerprint density at radius 3 is 2.79 bits per heavy atom. The maximum atomic E-state index is 11.9. The molecule has 2 aromatic rings. The van der Waals surface area contributed by atoms with Crippen molar-refractivity contribution in [1.82, 2.24) is 19.7 Å². The number of ether oxygens (including phenoxy) is 1. The fraction of sp³-hybridized carbons (Fsp3) is 0.500. The van der Waals surface area contributed by atoms with Gasteiger partial charge in [0.15, 0.2) is 0 Å². The van der Waals surface area contributed by atoms with Gasteiger partial charge >= 0.3 is 6.09 Å². The lowest BCUT2D eigenvalue weighted by molar-refractivity contribution is 0.0699. The molecule has 0 bridgehead atoms. The number of carbonyl (C=O) groups excluding carboxylic acids is 1. The molecule has 0 radical (unpaired) electrons. The van der Waals surface area contributed by atoms with Crippen molar-refractivity contribution in [1.29, 1.82) is 0 Å². The second-order valence-corrected chi connectivity index (χ2v) is 6.39. The van der Waals surface area contributed by atoms with Gasteiger partial charge in [-0.3, -0.25) is 9.67 Å². The summed E-state index contributed by atoms with van der Waals surface area (Å²) in [5.41, 5.74) is 4.22. The van der Waals surface area contributed by atoms with Gasteiger partial charge < -0.3 is 9.64 Å². The lowest BCUT2D eigenvalue weighted by atomic mass is 9.94. The maximum absolute atomic E-state index is 11.9.